The number of aryl methyl sites for hydroxylation is 4. The van der Waals surface area contributed by atoms with E-state index in [1.165, 1.54) is 11.1 Å². The van der Waals surface area contributed by atoms with E-state index in [0.717, 1.165) is 44.9 Å². The van der Waals surface area contributed by atoms with E-state index in [1.54, 1.807) is 20.8 Å². The molecule has 0 aliphatic rings. The van der Waals surface area contributed by atoms with E-state index in [4.69, 9.17) is 14.2 Å². The summed E-state index contributed by atoms with van der Waals surface area (Å²) in [5, 5.41) is 12.6. The number of rotatable bonds is 15. The van der Waals surface area contributed by atoms with Crippen LogP contribution in [0.3, 0.4) is 0 Å². The highest BCUT2D eigenvalue weighted by molar-refractivity contribution is 6.44. The molecule has 0 radical (unpaired) electrons. The Morgan fingerprint density at radius 1 is 0.359 bits per heavy atom. The summed E-state index contributed by atoms with van der Waals surface area (Å²) in [6, 6.07) is 49.5. The fourth-order valence-electron chi connectivity index (χ4n) is 5.43. The topological polar surface area (TPSA) is 152 Å². The molecule has 0 fully saturated rings. The minimum atomic E-state index is -0.441. The standard InChI is InChI=1S/C18H20N2O2.2C17H18N2O2/c1-4-22-18(21)17(15-9-5-13(2)6-10-15)20-19-16-11-7-14(3)8-12-16;1-3-21-17(20)16(14-11-9-13(2)10-12-14)19-18-15-7-5-4-6-8-15;1-3-21-17(20)16(14-7-5-4-6-8-14)19-18-15-11-9-13(2)10-12-15/h5-12,19H,4H2,1-3H3;2*4-12,18H,3H2,1-2H3/b;2*19-16+. The molecule has 0 heterocycles. The summed E-state index contributed by atoms with van der Waals surface area (Å²) in [7, 11) is 0. The SMILES string of the molecule is CCOC(=O)/C(=N/Nc1ccc(C)cc1)c1ccccc1.CCOC(=O)/C(=N/Nc1ccccc1)c1ccc(C)cc1.CCOC(=O)C(=NNc1ccc(C)cc1)c1ccc(C)cc1. The van der Waals surface area contributed by atoms with E-state index in [9.17, 15) is 14.4 Å². The van der Waals surface area contributed by atoms with Gasteiger partial charge in [-0.15, -0.1) is 0 Å². The monoisotopic (exact) mass is 860 g/mol. The first-order valence-corrected chi connectivity index (χ1v) is 20.9. The number of hydrogen-bond donors (Lipinski definition) is 3. The van der Waals surface area contributed by atoms with Crippen LogP contribution in [0.25, 0.3) is 0 Å². The first kappa shape index (κ1) is 48.8. The lowest BCUT2D eigenvalue weighted by Crippen LogP contribution is -2.20. The Labute approximate surface area is 376 Å². The van der Waals surface area contributed by atoms with Gasteiger partial charge in [0.25, 0.3) is 0 Å². The number of benzene rings is 6. The molecule has 0 aromatic heterocycles. The van der Waals surface area contributed by atoms with Crippen molar-refractivity contribution in [1.82, 2.24) is 0 Å². The molecule has 0 saturated carbocycles. The number of nitrogens with one attached hydrogen (secondary N) is 3. The molecule has 0 amide bonds. The van der Waals surface area contributed by atoms with Gasteiger partial charge in [-0.2, -0.15) is 15.3 Å². The Balaban J connectivity index is 0.000000210. The number of ether oxygens (including phenoxy) is 3. The van der Waals surface area contributed by atoms with Gasteiger partial charge in [-0.25, -0.2) is 14.4 Å². The van der Waals surface area contributed by atoms with E-state index in [2.05, 4.69) is 31.6 Å². The van der Waals surface area contributed by atoms with Gasteiger partial charge in [0.05, 0.1) is 36.9 Å². The van der Waals surface area contributed by atoms with Crippen LogP contribution in [-0.2, 0) is 28.6 Å². The lowest BCUT2D eigenvalue weighted by molar-refractivity contribution is -0.135. The van der Waals surface area contributed by atoms with E-state index in [-0.39, 0.29) is 17.1 Å². The predicted octanol–water partition coefficient (Wildman–Crippen LogP) is 10.4. The fourth-order valence-corrected chi connectivity index (χ4v) is 5.43. The smallest absolute Gasteiger partial charge is 0.359 e. The number of hydrogen-bond acceptors (Lipinski definition) is 12. The lowest BCUT2D eigenvalue weighted by Gasteiger charge is -2.08. The van der Waals surface area contributed by atoms with Gasteiger partial charge in [-0.1, -0.05) is 144 Å². The summed E-state index contributed by atoms with van der Waals surface area (Å²) in [4.78, 5) is 36.2. The van der Waals surface area contributed by atoms with Crippen LogP contribution in [0.5, 0.6) is 0 Å². The van der Waals surface area contributed by atoms with E-state index in [0.29, 0.717) is 19.8 Å². The summed E-state index contributed by atoms with van der Waals surface area (Å²) in [5.41, 5.74) is 18.7. The molecular weight excluding hydrogens is 805 g/mol. The first-order chi connectivity index (χ1) is 31.0. The lowest BCUT2D eigenvalue weighted by atomic mass is 10.1. The molecule has 0 atom stereocenters. The molecule has 0 aliphatic heterocycles. The van der Waals surface area contributed by atoms with Gasteiger partial charge >= 0.3 is 17.9 Å². The number of esters is 3. The highest BCUT2D eigenvalue weighted by Gasteiger charge is 2.17. The average Bonchev–Trinajstić information content (AvgIpc) is 3.30. The quantitative estimate of drug-likeness (QED) is 0.0396. The van der Waals surface area contributed by atoms with Crippen LogP contribution in [0, 0.1) is 27.7 Å². The second-order valence-corrected chi connectivity index (χ2v) is 14.1. The van der Waals surface area contributed by atoms with Crippen molar-refractivity contribution in [3.8, 4) is 0 Å². The fraction of sp³-hybridized carbons (Fsp3) is 0.192. The van der Waals surface area contributed by atoms with Gasteiger partial charge < -0.3 is 14.2 Å². The van der Waals surface area contributed by atoms with Crippen molar-refractivity contribution >= 4 is 52.1 Å². The minimum absolute atomic E-state index is 0.262. The maximum Gasteiger partial charge on any atom is 0.359 e. The van der Waals surface area contributed by atoms with Crippen LogP contribution < -0.4 is 16.3 Å². The molecular formula is C52H56N6O6. The molecule has 0 saturated heterocycles. The zero-order valence-electron chi connectivity index (χ0n) is 37.4. The molecule has 0 bridgehead atoms. The zero-order chi connectivity index (χ0) is 46.1. The Hall–Kier alpha value is -7.86. The van der Waals surface area contributed by atoms with Crippen molar-refractivity contribution in [3.05, 3.63) is 197 Å². The van der Waals surface area contributed by atoms with Crippen LogP contribution in [0.2, 0.25) is 0 Å². The maximum atomic E-state index is 12.1. The van der Waals surface area contributed by atoms with Crippen molar-refractivity contribution in [2.24, 2.45) is 15.3 Å². The van der Waals surface area contributed by atoms with Gasteiger partial charge in [0, 0.05) is 16.7 Å². The van der Waals surface area contributed by atoms with Gasteiger partial charge in [0.15, 0.2) is 17.1 Å². The Morgan fingerprint density at radius 2 is 0.609 bits per heavy atom. The van der Waals surface area contributed by atoms with Crippen LogP contribution >= 0.6 is 0 Å². The van der Waals surface area contributed by atoms with E-state index < -0.39 is 17.9 Å². The number of para-hydroxylation sites is 1. The third-order valence-electron chi connectivity index (χ3n) is 8.87. The molecule has 12 heteroatoms. The summed E-state index contributed by atoms with van der Waals surface area (Å²) in [5.74, 6) is -1.32. The number of carbonyl (C=O) groups is 3. The first-order valence-electron chi connectivity index (χ1n) is 20.9. The van der Waals surface area contributed by atoms with E-state index >= 15 is 0 Å². The normalized spacial score (nSPS) is 11.1. The van der Waals surface area contributed by atoms with Crippen LogP contribution in [0.15, 0.2) is 173 Å². The third-order valence-corrected chi connectivity index (χ3v) is 8.87. The van der Waals surface area contributed by atoms with Gasteiger partial charge in [0.1, 0.15) is 0 Å². The number of hydrazone groups is 3. The second-order valence-electron chi connectivity index (χ2n) is 14.1. The minimum Gasteiger partial charge on any atom is -0.461 e. The molecule has 6 rings (SSSR count). The average molecular weight is 861 g/mol. The van der Waals surface area contributed by atoms with Gasteiger partial charge in [-0.05, 0) is 84.9 Å². The van der Waals surface area contributed by atoms with Crippen molar-refractivity contribution in [2.45, 2.75) is 48.5 Å². The summed E-state index contributed by atoms with van der Waals surface area (Å²) in [6.07, 6.45) is 0. The van der Waals surface area contributed by atoms with Crippen LogP contribution in [-0.4, -0.2) is 54.9 Å². The summed E-state index contributed by atoms with van der Waals surface area (Å²) >= 11 is 0. The van der Waals surface area contributed by atoms with Crippen molar-refractivity contribution in [2.75, 3.05) is 36.1 Å². The molecule has 330 valence electrons. The summed E-state index contributed by atoms with van der Waals surface area (Å²) in [6.45, 7) is 14.3. The number of nitrogens with zero attached hydrogens (tertiary/aromatic N) is 3. The molecule has 0 aliphatic carbocycles. The number of carbonyl (C=O) groups excluding carboxylic acids is 3. The van der Waals surface area contributed by atoms with Crippen molar-refractivity contribution < 1.29 is 28.6 Å². The predicted molar refractivity (Wildman–Crippen MR) is 258 cm³/mol. The largest absolute Gasteiger partial charge is 0.461 e. The zero-order valence-corrected chi connectivity index (χ0v) is 37.4. The van der Waals surface area contributed by atoms with Crippen LogP contribution in [0.4, 0.5) is 17.1 Å². The highest BCUT2D eigenvalue weighted by atomic mass is 16.5. The molecule has 64 heavy (non-hydrogen) atoms. The van der Waals surface area contributed by atoms with Gasteiger partial charge in [0.2, 0.25) is 0 Å². The second kappa shape index (κ2) is 26.5. The Kier molecular flexibility index (Phi) is 20.2. The maximum absolute atomic E-state index is 12.1. The molecule has 6 aromatic carbocycles. The molecule has 12 nitrogen and oxygen atoms in total. The van der Waals surface area contributed by atoms with Crippen LogP contribution in [0.1, 0.15) is 59.7 Å². The van der Waals surface area contributed by atoms with Crippen molar-refractivity contribution in [3.63, 3.8) is 0 Å². The highest BCUT2D eigenvalue weighted by Crippen LogP contribution is 2.13. The van der Waals surface area contributed by atoms with Gasteiger partial charge in [-0.3, -0.25) is 16.3 Å². The third kappa shape index (κ3) is 16.5. The number of anilines is 3. The molecule has 6 aromatic rings. The Bertz CT molecular complexity index is 2450. The molecule has 0 spiro atoms. The molecule has 3 N–H and O–H groups in total. The Morgan fingerprint density at radius 3 is 0.906 bits per heavy atom. The van der Waals surface area contributed by atoms with E-state index in [1.807, 2.05) is 185 Å². The van der Waals surface area contributed by atoms with Crippen molar-refractivity contribution in [1.29, 1.82) is 0 Å². The molecule has 0 unspecified atom stereocenters. The summed E-state index contributed by atoms with van der Waals surface area (Å²) < 4.78 is 15.2.